The molecule has 0 aromatic rings. The van der Waals surface area contributed by atoms with Crippen LogP contribution in [0.15, 0.2) is 12.2 Å². The van der Waals surface area contributed by atoms with E-state index in [4.69, 9.17) is 4.74 Å². The van der Waals surface area contributed by atoms with Crippen LogP contribution in [0.2, 0.25) is 0 Å². The first-order chi connectivity index (χ1) is 9.35. The number of nitrogens with one attached hydrogen (secondary N) is 1. The van der Waals surface area contributed by atoms with Crippen molar-refractivity contribution in [1.82, 2.24) is 5.32 Å². The van der Waals surface area contributed by atoms with Gasteiger partial charge in [-0.15, -0.1) is 0 Å². The molecule has 108 valence electrons. The second kappa shape index (κ2) is 5.97. The molecule has 1 N–H and O–H groups in total. The van der Waals surface area contributed by atoms with E-state index in [1.807, 2.05) is 0 Å². The van der Waals surface area contributed by atoms with Crippen molar-refractivity contribution < 1.29 is 4.74 Å². The number of ether oxygens (including phenoxy) is 1. The van der Waals surface area contributed by atoms with Crippen LogP contribution in [-0.4, -0.2) is 24.8 Å². The first-order valence-electron chi connectivity index (χ1n) is 8.38. The summed E-state index contributed by atoms with van der Waals surface area (Å²) < 4.78 is 6.04. The zero-order chi connectivity index (χ0) is 13.1. The van der Waals surface area contributed by atoms with E-state index >= 15 is 0 Å². The van der Waals surface area contributed by atoms with Crippen molar-refractivity contribution in [2.45, 2.75) is 82.9 Å². The van der Waals surface area contributed by atoms with Gasteiger partial charge in [-0.05, 0) is 45.4 Å². The van der Waals surface area contributed by atoms with Gasteiger partial charge in [-0.1, -0.05) is 31.4 Å². The lowest BCUT2D eigenvalue weighted by Crippen LogP contribution is -2.66. The standard InChI is InChI=1S/C17H29NO/c1-2-19-16-13-15(17(16)11-7-4-8-12-17)18-14-9-5-3-6-10-14/h3,5,14-16,18H,2,4,6-13H2,1H3. The van der Waals surface area contributed by atoms with E-state index in [1.165, 1.54) is 57.8 Å². The highest BCUT2D eigenvalue weighted by Gasteiger charge is 2.55. The summed E-state index contributed by atoms with van der Waals surface area (Å²) in [6.45, 7) is 3.02. The summed E-state index contributed by atoms with van der Waals surface area (Å²) in [5.74, 6) is 0. The molecule has 0 aliphatic heterocycles. The van der Waals surface area contributed by atoms with E-state index in [0.717, 1.165) is 18.7 Å². The van der Waals surface area contributed by atoms with Gasteiger partial charge < -0.3 is 10.1 Å². The summed E-state index contributed by atoms with van der Waals surface area (Å²) in [5.41, 5.74) is 0.482. The highest BCUT2D eigenvalue weighted by Crippen LogP contribution is 2.53. The molecule has 0 amide bonds. The lowest BCUT2D eigenvalue weighted by atomic mass is 9.55. The Hall–Kier alpha value is -0.340. The molecule has 3 atom stereocenters. The Kier molecular flexibility index (Phi) is 4.28. The Morgan fingerprint density at radius 2 is 2.05 bits per heavy atom. The number of hydrogen-bond donors (Lipinski definition) is 1. The van der Waals surface area contributed by atoms with Crippen LogP contribution in [0.25, 0.3) is 0 Å². The molecule has 3 aliphatic carbocycles. The van der Waals surface area contributed by atoms with Crippen LogP contribution in [0.3, 0.4) is 0 Å². The van der Waals surface area contributed by atoms with Crippen molar-refractivity contribution >= 4 is 0 Å². The van der Waals surface area contributed by atoms with E-state index in [0.29, 0.717) is 11.5 Å². The number of rotatable bonds is 4. The Bertz CT molecular complexity index is 319. The first kappa shape index (κ1) is 13.6. The third kappa shape index (κ3) is 2.62. The molecule has 1 spiro atoms. The average molecular weight is 263 g/mol. The van der Waals surface area contributed by atoms with E-state index < -0.39 is 0 Å². The van der Waals surface area contributed by atoms with Gasteiger partial charge in [-0.25, -0.2) is 0 Å². The Labute approximate surface area is 118 Å². The van der Waals surface area contributed by atoms with Crippen molar-refractivity contribution in [1.29, 1.82) is 0 Å². The highest BCUT2D eigenvalue weighted by atomic mass is 16.5. The molecular formula is C17H29NO. The third-order valence-corrected chi connectivity index (χ3v) is 5.64. The topological polar surface area (TPSA) is 21.3 Å². The molecule has 3 unspecified atom stereocenters. The maximum Gasteiger partial charge on any atom is 0.0661 e. The number of allylic oxidation sites excluding steroid dienone is 1. The number of hydrogen-bond acceptors (Lipinski definition) is 2. The Balaban J connectivity index is 1.62. The van der Waals surface area contributed by atoms with Crippen LogP contribution < -0.4 is 5.32 Å². The third-order valence-electron chi connectivity index (χ3n) is 5.64. The van der Waals surface area contributed by atoms with E-state index in [-0.39, 0.29) is 0 Å². The highest BCUT2D eigenvalue weighted by molar-refractivity contribution is 5.10. The monoisotopic (exact) mass is 263 g/mol. The van der Waals surface area contributed by atoms with E-state index in [9.17, 15) is 0 Å². The maximum absolute atomic E-state index is 6.04. The van der Waals surface area contributed by atoms with Crippen molar-refractivity contribution in [3.8, 4) is 0 Å². The lowest BCUT2D eigenvalue weighted by molar-refractivity contribution is -0.152. The van der Waals surface area contributed by atoms with Crippen LogP contribution >= 0.6 is 0 Å². The summed E-state index contributed by atoms with van der Waals surface area (Å²) in [7, 11) is 0. The summed E-state index contributed by atoms with van der Waals surface area (Å²) in [4.78, 5) is 0. The average Bonchev–Trinajstić information content (AvgIpc) is 2.48. The summed E-state index contributed by atoms with van der Waals surface area (Å²) in [6, 6.07) is 1.44. The van der Waals surface area contributed by atoms with E-state index in [1.54, 1.807) is 0 Å². The van der Waals surface area contributed by atoms with Gasteiger partial charge in [-0.3, -0.25) is 0 Å². The van der Waals surface area contributed by atoms with Crippen molar-refractivity contribution in [3.63, 3.8) is 0 Å². The first-order valence-corrected chi connectivity index (χ1v) is 8.38. The fourth-order valence-electron chi connectivity index (χ4n) is 4.53. The molecule has 2 heteroatoms. The zero-order valence-electron chi connectivity index (χ0n) is 12.4. The molecule has 2 fully saturated rings. The Morgan fingerprint density at radius 1 is 1.21 bits per heavy atom. The summed E-state index contributed by atoms with van der Waals surface area (Å²) >= 11 is 0. The van der Waals surface area contributed by atoms with Crippen LogP contribution in [0.4, 0.5) is 0 Å². The largest absolute Gasteiger partial charge is 0.378 e. The predicted octanol–water partition coefficient (Wildman–Crippen LogP) is 3.81. The molecule has 0 heterocycles. The van der Waals surface area contributed by atoms with Crippen LogP contribution in [0, 0.1) is 5.41 Å². The minimum absolute atomic E-state index is 0.482. The molecule has 0 bridgehead atoms. The fourth-order valence-corrected chi connectivity index (χ4v) is 4.53. The molecule has 3 rings (SSSR count). The zero-order valence-corrected chi connectivity index (χ0v) is 12.4. The van der Waals surface area contributed by atoms with Crippen LogP contribution in [0.5, 0.6) is 0 Å². The van der Waals surface area contributed by atoms with Crippen molar-refractivity contribution in [3.05, 3.63) is 12.2 Å². The summed E-state index contributed by atoms with van der Waals surface area (Å²) in [5, 5.41) is 3.97. The normalized spacial score (nSPS) is 37.2. The van der Waals surface area contributed by atoms with Crippen molar-refractivity contribution in [2.75, 3.05) is 6.61 Å². The van der Waals surface area contributed by atoms with Crippen LogP contribution in [-0.2, 0) is 4.74 Å². The van der Waals surface area contributed by atoms with Gasteiger partial charge in [0.15, 0.2) is 0 Å². The minimum atomic E-state index is 0.482. The van der Waals surface area contributed by atoms with Gasteiger partial charge in [0.25, 0.3) is 0 Å². The van der Waals surface area contributed by atoms with Gasteiger partial charge in [0.05, 0.1) is 6.10 Å². The second-order valence-corrected chi connectivity index (χ2v) is 6.67. The molecule has 0 saturated heterocycles. The predicted molar refractivity (Wildman–Crippen MR) is 79.3 cm³/mol. The lowest BCUT2D eigenvalue weighted by Gasteiger charge is -2.58. The van der Waals surface area contributed by atoms with Crippen LogP contribution in [0.1, 0.15) is 64.7 Å². The van der Waals surface area contributed by atoms with Gasteiger partial charge in [0.1, 0.15) is 0 Å². The fraction of sp³-hybridized carbons (Fsp3) is 0.882. The quantitative estimate of drug-likeness (QED) is 0.779. The second-order valence-electron chi connectivity index (χ2n) is 6.67. The van der Waals surface area contributed by atoms with Gasteiger partial charge in [-0.2, -0.15) is 0 Å². The molecule has 2 nitrogen and oxygen atoms in total. The molecule has 0 aromatic heterocycles. The molecule has 0 radical (unpaired) electrons. The van der Waals surface area contributed by atoms with Gasteiger partial charge >= 0.3 is 0 Å². The molecular weight excluding hydrogens is 234 g/mol. The molecule has 19 heavy (non-hydrogen) atoms. The molecule has 3 aliphatic rings. The van der Waals surface area contributed by atoms with E-state index in [2.05, 4.69) is 24.4 Å². The van der Waals surface area contributed by atoms with Gasteiger partial charge in [0, 0.05) is 24.1 Å². The molecule has 0 aromatic carbocycles. The maximum atomic E-state index is 6.04. The molecule has 2 saturated carbocycles. The summed E-state index contributed by atoms with van der Waals surface area (Å²) in [6.07, 6.45) is 17.3. The van der Waals surface area contributed by atoms with Crippen molar-refractivity contribution in [2.24, 2.45) is 5.41 Å². The van der Waals surface area contributed by atoms with Gasteiger partial charge in [0.2, 0.25) is 0 Å². The SMILES string of the molecule is CCOC1CC(NC2CC=CCC2)C12CCCCC2. The minimum Gasteiger partial charge on any atom is -0.378 e. The Morgan fingerprint density at radius 3 is 2.74 bits per heavy atom. The smallest absolute Gasteiger partial charge is 0.0661 e.